The predicted octanol–water partition coefficient (Wildman–Crippen LogP) is 4.16. The lowest BCUT2D eigenvalue weighted by molar-refractivity contribution is -0.358. The summed E-state index contributed by atoms with van der Waals surface area (Å²) in [6.45, 7) is -4.09. The minimum atomic E-state index is -4.09. The number of hydrogen-bond acceptors (Lipinski definition) is 1. The number of aromatic nitrogens is 2. The largest absolute Gasteiger partial charge is 0.738 e. The first-order valence-corrected chi connectivity index (χ1v) is 8.25. The van der Waals surface area contributed by atoms with Crippen LogP contribution in [0.25, 0.3) is 5.57 Å². The fourth-order valence-corrected chi connectivity index (χ4v) is 4.13. The van der Waals surface area contributed by atoms with Gasteiger partial charge in [-0.2, -0.15) is 0 Å². The molecule has 4 rings (SSSR count). The van der Waals surface area contributed by atoms with E-state index in [2.05, 4.69) is 36.8 Å². The first kappa shape index (κ1) is 15.0. The van der Waals surface area contributed by atoms with Crippen LogP contribution in [0.1, 0.15) is 11.3 Å². The highest BCUT2D eigenvalue weighted by atomic mass is 79.9. The van der Waals surface area contributed by atoms with Gasteiger partial charge in [0.15, 0.2) is 5.70 Å². The molecule has 2 aliphatic rings. The molecule has 0 radical (unpaired) electrons. The normalized spacial score (nSPS) is 18.5. The Morgan fingerprint density at radius 1 is 1.13 bits per heavy atom. The SMILES string of the molecule is Fc1cnccc1C1=C2C=CC(Br)=[N+]2[B-](F)(F)n2c(Br)ccc21. The molecule has 2 aliphatic heterocycles. The van der Waals surface area contributed by atoms with Gasteiger partial charge in [-0.05, 0) is 34.1 Å². The zero-order valence-electron chi connectivity index (χ0n) is 11.4. The van der Waals surface area contributed by atoms with Gasteiger partial charge < -0.3 is 17.6 Å². The number of hydrogen-bond donors (Lipinski definition) is 0. The molecular weight excluding hydrogens is 438 g/mol. The second-order valence-corrected chi connectivity index (χ2v) is 6.77. The van der Waals surface area contributed by atoms with Gasteiger partial charge in [0.25, 0.3) is 0 Å². The minimum Gasteiger partial charge on any atom is -0.389 e. The van der Waals surface area contributed by atoms with Gasteiger partial charge in [0.1, 0.15) is 5.82 Å². The van der Waals surface area contributed by atoms with Crippen LogP contribution in [0.15, 0.2) is 53.0 Å². The Kier molecular flexibility index (Phi) is 3.21. The summed E-state index contributed by atoms with van der Waals surface area (Å²) in [5.41, 5.74) is 1.13. The quantitative estimate of drug-likeness (QED) is 0.605. The maximum absolute atomic E-state index is 15.0. The van der Waals surface area contributed by atoms with E-state index in [9.17, 15) is 13.0 Å². The molecule has 116 valence electrons. The maximum atomic E-state index is 15.0. The Labute approximate surface area is 146 Å². The first-order chi connectivity index (χ1) is 10.9. The summed E-state index contributed by atoms with van der Waals surface area (Å²) in [5.74, 6) is -0.562. The van der Waals surface area contributed by atoms with Crippen LogP contribution in [-0.4, -0.2) is 25.5 Å². The van der Waals surface area contributed by atoms with E-state index in [1.165, 1.54) is 24.4 Å². The number of allylic oxidation sites excluding steroid dienone is 2. The molecule has 2 aromatic heterocycles. The van der Waals surface area contributed by atoms with Gasteiger partial charge in [0, 0.05) is 45.5 Å². The zero-order chi connectivity index (χ0) is 16.4. The van der Waals surface area contributed by atoms with E-state index in [1.54, 1.807) is 12.1 Å². The average molecular weight is 445 g/mol. The second kappa shape index (κ2) is 4.94. The molecule has 0 saturated heterocycles. The molecule has 2 aromatic rings. The minimum absolute atomic E-state index is 0.227. The van der Waals surface area contributed by atoms with E-state index < -0.39 is 12.8 Å². The molecule has 0 atom stereocenters. The van der Waals surface area contributed by atoms with Gasteiger partial charge in [-0.25, -0.2) is 4.39 Å². The highest BCUT2D eigenvalue weighted by molar-refractivity contribution is 9.18. The van der Waals surface area contributed by atoms with Crippen molar-refractivity contribution in [2.24, 2.45) is 0 Å². The highest BCUT2D eigenvalue weighted by Crippen LogP contribution is 2.42. The summed E-state index contributed by atoms with van der Waals surface area (Å²) < 4.78 is 46.5. The third kappa shape index (κ3) is 1.96. The van der Waals surface area contributed by atoms with Gasteiger partial charge in [0.05, 0.1) is 16.4 Å². The van der Waals surface area contributed by atoms with Crippen LogP contribution in [0.2, 0.25) is 0 Å². The van der Waals surface area contributed by atoms with Crippen LogP contribution < -0.4 is 0 Å². The van der Waals surface area contributed by atoms with Crippen molar-refractivity contribution in [1.82, 2.24) is 9.46 Å². The van der Waals surface area contributed by atoms with Gasteiger partial charge in [-0.1, -0.05) is 0 Å². The molecule has 0 amide bonds. The van der Waals surface area contributed by atoms with Gasteiger partial charge in [-0.15, -0.1) is 0 Å². The molecule has 23 heavy (non-hydrogen) atoms. The summed E-state index contributed by atoms with van der Waals surface area (Å²) in [5, 5.41) is 0. The van der Waals surface area contributed by atoms with E-state index in [0.29, 0.717) is 5.57 Å². The lowest BCUT2D eigenvalue weighted by Gasteiger charge is -2.32. The highest BCUT2D eigenvalue weighted by Gasteiger charge is 2.54. The summed E-state index contributed by atoms with van der Waals surface area (Å²) in [6.07, 6.45) is 5.60. The van der Waals surface area contributed by atoms with Crippen molar-refractivity contribution in [3.63, 3.8) is 0 Å². The molecule has 9 heteroatoms. The third-order valence-corrected chi connectivity index (χ3v) is 5.20. The summed E-state index contributed by atoms with van der Waals surface area (Å²) >= 11 is 6.32. The summed E-state index contributed by atoms with van der Waals surface area (Å²) in [7, 11) is 0. The Bertz CT molecular complexity index is 946. The lowest BCUT2D eigenvalue weighted by atomic mass is 9.86. The molecular formula is C14H7BBr2F3N3. The lowest BCUT2D eigenvalue weighted by Crippen LogP contribution is -2.50. The van der Waals surface area contributed by atoms with E-state index in [1.807, 2.05) is 0 Å². The smallest absolute Gasteiger partial charge is 0.389 e. The fourth-order valence-electron chi connectivity index (χ4n) is 2.99. The van der Waals surface area contributed by atoms with Crippen LogP contribution in [0.5, 0.6) is 0 Å². The Morgan fingerprint density at radius 3 is 2.65 bits per heavy atom. The van der Waals surface area contributed by atoms with Gasteiger partial charge in [0.2, 0.25) is 4.62 Å². The number of rotatable bonds is 1. The van der Waals surface area contributed by atoms with Crippen LogP contribution in [-0.2, 0) is 0 Å². The standard InChI is InChI=1S/C14H7BBr2F3N3/c16-12-3-1-10-14(8-5-6-21-7-9(8)18)11-2-4-13(17)23(11)15(19,20)22(10)12/h1-7H. The molecule has 0 fully saturated rings. The van der Waals surface area contributed by atoms with E-state index in [-0.39, 0.29) is 26.2 Å². The summed E-state index contributed by atoms with van der Waals surface area (Å²) in [4.78, 5) is 3.73. The molecule has 3 nitrogen and oxygen atoms in total. The van der Waals surface area contributed by atoms with Crippen molar-refractivity contribution in [1.29, 1.82) is 0 Å². The van der Waals surface area contributed by atoms with E-state index in [4.69, 9.17) is 0 Å². The molecule has 0 spiro atoms. The topological polar surface area (TPSA) is 20.8 Å². The number of halogens is 5. The number of nitrogens with zero attached hydrogens (tertiary/aromatic N) is 3. The van der Waals surface area contributed by atoms with Crippen molar-refractivity contribution in [2.75, 3.05) is 0 Å². The monoisotopic (exact) mass is 443 g/mol. The van der Waals surface area contributed by atoms with Crippen LogP contribution in [0.3, 0.4) is 0 Å². The number of pyridine rings is 1. The molecule has 0 unspecified atom stereocenters. The van der Waals surface area contributed by atoms with Crippen LogP contribution in [0.4, 0.5) is 13.0 Å². The first-order valence-electron chi connectivity index (χ1n) is 6.66. The average Bonchev–Trinajstić information content (AvgIpc) is 3.06. The molecule has 0 saturated carbocycles. The summed E-state index contributed by atoms with van der Waals surface area (Å²) in [6, 6.07) is 4.57. The van der Waals surface area contributed by atoms with E-state index in [0.717, 1.165) is 15.2 Å². The molecule has 0 bridgehead atoms. The maximum Gasteiger partial charge on any atom is 0.738 e. The molecule has 0 aromatic carbocycles. The van der Waals surface area contributed by atoms with Crippen molar-refractivity contribution >= 4 is 49.0 Å². The third-order valence-electron chi connectivity index (χ3n) is 3.91. The second-order valence-electron chi connectivity index (χ2n) is 5.14. The zero-order valence-corrected chi connectivity index (χ0v) is 14.5. The van der Waals surface area contributed by atoms with Crippen LogP contribution >= 0.6 is 31.9 Å². The Hall–Kier alpha value is -1.61. The van der Waals surface area contributed by atoms with Crippen molar-refractivity contribution in [3.05, 3.63) is 70.1 Å². The fraction of sp³-hybridized carbons (Fsp3) is 0. The van der Waals surface area contributed by atoms with Crippen LogP contribution in [0, 0.1) is 5.82 Å². The molecule has 4 heterocycles. The Morgan fingerprint density at radius 2 is 1.91 bits per heavy atom. The van der Waals surface area contributed by atoms with Crippen molar-refractivity contribution < 1.29 is 17.5 Å². The van der Waals surface area contributed by atoms with E-state index >= 15 is 0 Å². The molecule has 0 N–H and O–H groups in total. The number of fused-ring (bicyclic) bond motifs is 2. The Balaban J connectivity index is 2.15. The van der Waals surface area contributed by atoms with Gasteiger partial charge >= 0.3 is 6.97 Å². The van der Waals surface area contributed by atoms with Crippen molar-refractivity contribution in [2.45, 2.75) is 0 Å². The molecule has 0 aliphatic carbocycles. The van der Waals surface area contributed by atoms with Crippen molar-refractivity contribution in [3.8, 4) is 0 Å². The van der Waals surface area contributed by atoms with Gasteiger partial charge in [-0.3, -0.25) is 4.98 Å². The predicted molar refractivity (Wildman–Crippen MR) is 89.1 cm³/mol.